The first-order valence-corrected chi connectivity index (χ1v) is 6.81. The van der Waals surface area contributed by atoms with Gasteiger partial charge < -0.3 is 19.9 Å². The van der Waals surface area contributed by atoms with Gasteiger partial charge in [-0.25, -0.2) is 4.98 Å². The Labute approximate surface area is 124 Å². The molecule has 0 fully saturated rings. The SMILES string of the molecule is COc1ccc(CNc2cccnc2OC(C)C)c(O)c1. The average molecular weight is 288 g/mol. The van der Waals surface area contributed by atoms with E-state index in [0.29, 0.717) is 18.2 Å². The zero-order valence-corrected chi connectivity index (χ0v) is 12.5. The van der Waals surface area contributed by atoms with Gasteiger partial charge in [0.2, 0.25) is 5.88 Å². The van der Waals surface area contributed by atoms with E-state index in [1.807, 2.05) is 38.1 Å². The standard InChI is InChI=1S/C16H20N2O3/c1-11(2)21-16-14(5-4-8-17-16)18-10-12-6-7-13(20-3)9-15(12)19/h4-9,11,18-19H,10H2,1-3H3. The first kappa shape index (κ1) is 15.0. The highest BCUT2D eigenvalue weighted by atomic mass is 16.5. The van der Waals surface area contributed by atoms with E-state index in [9.17, 15) is 5.11 Å². The number of aromatic hydroxyl groups is 1. The first-order valence-electron chi connectivity index (χ1n) is 6.81. The maximum Gasteiger partial charge on any atom is 0.237 e. The molecule has 5 heteroatoms. The largest absolute Gasteiger partial charge is 0.507 e. The summed E-state index contributed by atoms with van der Waals surface area (Å²) in [4.78, 5) is 4.21. The minimum absolute atomic E-state index is 0.0508. The van der Waals surface area contributed by atoms with Crippen LogP contribution < -0.4 is 14.8 Å². The monoisotopic (exact) mass is 288 g/mol. The summed E-state index contributed by atoms with van der Waals surface area (Å²) in [6, 6.07) is 8.95. The molecule has 2 N–H and O–H groups in total. The number of nitrogens with zero attached hydrogens (tertiary/aromatic N) is 1. The Morgan fingerprint density at radius 1 is 1.29 bits per heavy atom. The van der Waals surface area contributed by atoms with Crippen molar-refractivity contribution in [3.8, 4) is 17.4 Å². The highest BCUT2D eigenvalue weighted by Gasteiger charge is 2.08. The molecule has 1 heterocycles. The molecule has 0 saturated heterocycles. The molecule has 1 aromatic carbocycles. The number of phenols is 1. The van der Waals surface area contributed by atoms with Crippen molar-refractivity contribution in [2.45, 2.75) is 26.5 Å². The van der Waals surface area contributed by atoms with Gasteiger partial charge in [0.1, 0.15) is 11.5 Å². The van der Waals surface area contributed by atoms with Gasteiger partial charge >= 0.3 is 0 Å². The number of ether oxygens (including phenoxy) is 2. The number of phenolic OH excluding ortho intramolecular Hbond substituents is 1. The van der Waals surface area contributed by atoms with E-state index in [4.69, 9.17) is 9.47 Å². The topological polar surface area (TPSA) is 63.6 Å². The smallest absolute Gasteiger partial charge is 0.237 e. The maximum absolute atomic E-state index is 9.95. The molecule has 0 bridgehead atoms. The van der Waals surface area contributed by atoms with Crippen molar-refractivity contribution in [1.29, 1.82) is 0 Å². The van der Waals surface area contributed by atoms with Crippen LogP contribution >= 0.6 is 0 Å². The van der Waals surface area contributed by atoms with Crippen LogP contribution in [0.25, 0.3) is 0 Å². The number of aromatic nitrogens is 1. The van der Waals surface area contributed by atoms with Gasteiger partial charge in [0, 0.05) is 24.4 Å². The number of benzene rings is 1. The van der Waals surface area contributed by atoms with Gasteiger partial charge in [-0.1, -0.05) is 0 Å². The van der Waals surface area contributed by atoms with Crippen molar-refractivity contribution in [3.05, 3.63) is 42.1 Å². The third kappa shape index (κ3) is 4.02. The third-order valence-corrected chi connectivity index (χ3v) is 2.88. The minimum atomic E-state index is 0.0508. The lowest BCUT2D eigenvalue weighted by atomic mass is 10.2. The molecule has 2 rings (SSSR count). The Morgan fingerprint density at radius 3 is 2.76 bits per heavy atom. The van der Waals surface area contributed by atoms with Crippen LogP contribution in [-0.2, 0) is 6.54 Å². The molecule has 0 radical (unpaired) electrons. The minimum Gasteiger partial charge on any atom is -0.507 e. The normalized spacial score (nSPS) is 10.5. The predicted octanol–water partition coefficient (Wildman–Crippen LogP) is 3.20. The summed E-state index contributed by atoms with van der Waals surface area (Å²) in [5.41, 5.74) is 1.57. The molecular weight excluding hydrogens is 268 g/mol. The second kappa shape index (κ2) is 6.83. The van der Waals surface area contributed by atoms with Gasteiger partial charge in [-0.3, -0.25) is 0 Å². The van der Waals surface area contributed by atoms with E-state index in [2.05, 4.69) is 10.3 Å². The van der Waals surface area contributed by atoms with Crippen molar-refractivity contribution >= 4 is 5.69 Å². The highest BCUT2D eigenvalue weighted by molar-refractivity contribution is 5.53. The lowest BCUT2D eigenvalue weighted by Crippen LogP contribution is -2.10. The Hall–Kier alpha value is -2.43. The quantitative estimate of drug-likeness (QED) is 0.854. The van der Waals surface area contributed by atoms with E-state index in [1.165, 1.54) is 0 Å². The van der Waals surface area contributed by atoms with Crippen LogP contribution in [0.15, 0.2) is 36.5 Å². The third-order valence-electron chi connectivity index (χ3n) is 2.88. The van der Waals surface area contributed by atoms with E-state index < -0.39 is 0 Å². The lowest BCUT2D eigenvalue weighted by Gasteiger charge is -2.14. The molecule has 0 saturated carbocycles. The van der Waals surface area contributed by atoms with E-state index in [-0.39, 0.29) is 11.9 Å². The van der Waals surface area contributed by atoms with Crippen LogP contribution in [-0.4, -0.2) is 23.3 Å². The summed E-state index contributed by atoms with van der Waals surface area (Å²) in [5.74, 6) is 1.37. The summed E-state index contributed by atoms with van der Waals surface area (Å²) >= 11 is 0. The Bertz CT molecular complexity index is 600. The van der Waals surface area contributed by atoms with Crippen molar-refractivity contribution in [3.63, 3.8) is 0 Å². The van der Waals surface area contributed by atoms with Crippen molar-refractivity contribution in [2.75, 3.05) is 12.4 Å². The molecule has 21 heavy (non-hydrogen) atoms. The number of hydrogen-bond acceptors (Lipinski definition) is 5. The van der Waals surface area contributed by atoms with E-state index >= 15 is 0 Å². The maximum atomic E-state index is 9.95. The van der Waals surface area contributed by atoms with Crippen LogP contribution in [0.2, 0.25) is 0 Å². The fourth-order valence-electron chi connectivity index (χ4n) is 1.85. The molecule has 0 spiro atoms. The fourth-order valence-corrected chi connectivity index (χ4v) is 1.85. The van der Waals surface area contributed by atoms with E-state index in [1.54, 1.807) is 19.4 Å². The van der Waals surface area contributed by atoms with Crippen LogP contribution in [0, 0.1) is 0 Å². The molecule has 0 aliphatic heterocycles. The van der Waals surface area contributed by atoms with Gasteiger partial charge in [-0.15, -0.1) is 0 Å². The molecule has 2 aromatic rings. The molecule has 0 unspecified atom stereocenters. The summed E-state index contributed by atoms with van der Waals surface area (Å²) in [7, 11) is 1.57. The van der Waals surface area contributed by atoms with Gasteiger partial charge in [0.15, 0.2) is 0 Å². The number of methoxy groups -OCH3 is 1. The molecule has 1 aromatic heterocycles. The average Bonchev–Trinajstić information content (AvgIpc) is 2.46. The summed E-state index contributed by atoms with van der Waals surface area (Å²) in [5, 5.41) is 13.2. The van der Waals surface area contributed by atoms with Crippen molar-refractivity contribution in [1.82, 2.24) is 4.98 Å². The molecular formula is C16H20N2O3. The van der Waals surface area contributed by atoms with Gasteiger partial charge in [0.25, 0.3) is 0 Å². The van der Waals surface area contributed by atoms with Gasteiger partial charge in [0.05, 0.1) is 18.9 Å². The van der Waals surface area contributed by atoms with Crippen molar-refractivity contribution < 1.29 is 14.6 Å². The molecule has 5 nitrogen and oxygen atoms in total. The van der Waals surface area contributed by atoms with Crippen LogP contribution in [0.5, 0.6) is 17.4 Å². The second-order valence-corrected chi connectivity index (χ2v) is 4.87. The van der Waals surface area contributed by atoms with Crippen molar-refractivity contribution in [2.24, 2.45) is 0 Å². The highest BCUT2D eigenvalue weighted by Crippen LogP contribution is 2.26. The Kier molecular flexibility index (Phi) is 4.87. The molecule has 0 atom stereocenters. The fraction of sp³-hybridized carbons (Fsp3) is 0.312. The number of hydrogen-bond donors (Lipinski definition) is 2. The van der Waals surface area contributed by atoms with Gasteiger partial charge in [-0.05, 0) is 38.1 Å². The Balaban J connectivity index is 2.09. The summed E-state index contributed by atoms with van der Waals surface area (Å²) in [6.07, 6.45) is 1.74. The van der Waals surface area contributed by atoms with Crippen LogP contribution in [0.3, 0.4) is 0 Å². The van der Waals surface area contributed by atoms with E-state index in [0.717, 1.165) is 11.3 Å². The van der Waals surface area contributed by atoms with Gasteiger partial charge in [-0.2, -0.15) is 0 Å². The number of anilines is 1. The Morgan fingerprint density at radius 2 is 2.10 bits per heavy atom. The molecule has 112 valence electrons. The molecule has 0 aliphatic carbocycles. The molecule has 0 aliphatic rings. The second-order valence-electron chi connectivity index (χ2n) is 4.87. The van der Waals surface area contributed by atoms with Crippen LogP contribution in [0.4, 0.5) is 5.69 Å². The number of rotatable bonds is 6. The van der Waals surface area contributed by atoms with Crippen LogP contribution in [0.1, 0.15) is 19.4 Å². The predicted molar refractivity (Wildman–Crippen MR) is 82.0 cm³/mol. The summed E-state index contributed by atoms with van der Waals surface area (Å²) in [6.45, 7) is 4.37. The first-order chi connectivity index (χ1) is 10.1. The lowest BCUT2D eigenvalue weighted by molar-refractivity contribution is 0.234. The molecule has 0 amide bonds. The number of nitrogens with one attached hydrogen (secondary N) is 1. The zero-order valence-electron chi connectivity index (χ0n) is 12.5. The summed E-state index contributed by atoms with van der Waals surface area (Å²) < 4.78 is 10.7. The number of pyridine rings is 1. The zero-order chi connectivity index (χ0) is 15.2.